The molecule has 0 aliphatic rings. The zero-order chi connectivity index (χ0) is 11.7. The largest absolute Gasteiger partial charge is 0.496 e. The van der Waals surface area contributed by atoms with Gasteiger partial charge in [-0.15, -0.1) is 0 Å². The number of anilines is 2. The molecule has 4 N–H and O–H groups in total. The Hall–Kier alpha value is -2.17. The van der Waals surface area contributed by atoms with E-state index in [1.807, 2.05) is 24.3 Å². The fraction of sp³-hybridized carbons (Fsp3) is 0.182. The van der Waals surface area contributed by atoms with Gasteiger partial charge >= 0.3 is 0 Å². The number of aromatic nitrogens is 2. The van der Waals surface area contributed by atoms with Crippen LogP contribution in [-0.2, 0) is 7.05 Å². The maximum Gasteiger partial charge on any atom is 0.169 e. The highest BCUT2D eigenvalue weighted by Gasteiger charge is 2.15. The summed E-state index contributed by atoms with van der Waals surface area (Å²) in [5.41, 5.74) is 13.7. The molecule has 0 saturated heterocycles. The lowest BCUT2D eigenvalue weighted by Gasteiger charge is -2.08. The third kappa shape index (κ3) is 1.46. The minimum absolute atomic E-state index is 0.336. The number of para-hydroxylation sites is 1. The predicted molar refractivity (Wildman–Crippen MR) is 64.0 cm³/mol. The monoisotopic (exact) mass is 218 g/mol. The second-order valence-electron chi connectivity index (χ2n) is 3.47. The van der Waals surface area contributed by atoms with Crippen LogP contribution in [0.1, 0.15) is 0 Å². The molecule has 2 rings (SSSR count). The topological polar surface area (TPSA) is 79.1 Å². The fourth-order valence-electron chi connectivity index (χ4n) is 1.72. The molecule has 1 aromatic carbocycles. The van der Waals surface area contributed by atoms with Gasteiger partial charge in [-0.05, 0) is 12.1 Å². The van der Waals surface area contributed by atoms with Crippen molar-refractivity contribution in [3.8, 4) is 17.0 Å². The molecule has 2 aromatic rings. The second-order valence-corrected chi connectivity index (χ2v) is 3.47. The highest BCUT2D eigenvalue weighted by atomic mass is 16.5. The van der Waals surface area contributed by atoms with Gasteiger partial charge in [-0.25, -0.2) is 0 Å². The van der Waals surface area contributed by atoms with Crippen LogP contribution in [0.5, 0.6) is 5.75 Å². The van der Waals surface area contributed by atoms with Crippen molar-refractivity contribution in [3.63, 3.8) is 0 Å². The molecule has 16 heavy (non-hydrogen) atoms. The molecule has 0 unspecified atom stereocenters. The molecular formula is C11H14N4O. The summed E-state index contributed by atoms with van der Waals surface area (Å²) in [4.78, 5) is 0. The molecule has 5 heteroatoms. The van der Waals surface area contributed by atoms with E-state index >= 15 is 0 Å². The summed E-state index contributed by atoms with van der Waals surface area (Å²) in [5, 5.41) is 4.08. The van der Waals surface area contributed by atoms with Crippen LogP contribution in [0.15, 0.2) is 24.3 Å². The van der Waals surface area contributed by atoms with Gasteiger partial charge in [0.25, 0.3) is 0 Å². The molecule has 0 bridgehead atoms. The molecule has 0 atom stereocenters. The lowest BCUT2D eigenvalue weighted by molar-refractivity contribution is 0.416. The number of ether oxygens (including phenoxy) is 1. The summed E-state index contributed by atoms with van der Waals surface area (Å²) in [6.45, 7) is 0. The highest BCUT2D eigenvalue weighted by Crippen LogP contribution is 2.35. The van der Waals surface area contributed by atoms with E-state index < -0.39 is 0 Å². The first-order valence-electron chi connectivity index (χ1n) is 4.86. The van der Waals surface area contributed by atoms with Gasteiger partial charge in [0.2, 0.25) is 0 Å². The number of nitrogen functional groups attached to an aromatic ring is 2. The summed E-state index contributed by atoms with van der Waals surface area (Å²) in [6.07, 6.45) is 0. The number of rotatable bonds is 2. The zero-order valence-corrected chi connectivity index (χ0v) is 9.27. The van der Waals surface area contributed by atoms with Gasteiger partial charge in [0, 0.05) is 12.6 Å². The van der Waals surface area contributed by atoms with Gasteiger partial charge in [-0.2, -0.15) is 5.10 Å². The molecule has 5 nitrogen and oxygen atoms in total. The second kappa shape index (κ2) is 3.77. The number of methoxy groups -OCH3 is 1. The summed E-state index contributed by atoms with van der Waals surface area (Å²) in [6, 6.07) is 7.61. The fourth-order valence-corrected chi connectivity index (χ4v) is 1.72. The molecule has 0 radical (unpaired) electrons. The van der Waals surface area contributed by atoms with Crippen LogP contribution in [0.2, 0.25) is 0 Å². The van der Waals surface area contributed by atoms with Crippen molar-refractivity contribution < 1.29 is 4.74 Å². The first-order valence-corrected chi connectivity index (χ1v) is 4.86. The average molecular weight is 218 g/mol. The Bertz CT molecular complexity index is 519. The van der Waals surface area contributed by atoms with E-state index in [2.05, 4.69) is 5.10 Å². The zero-order valence-electron chi connectivity index (χ0n) is 9.27. The summed E-state index contributed by atoms with van der Waals surface area (Å²) in [7, 11) is 3.42. The van der Waals surface area contributed by atoms with Crippen LogP contribution in [0, 0.1) is 0 Å². The van der Waals surface area contributed by atoms with E-state index in [0.717, 1.165) is 17.0 Å². The van der Waals surface area contributed by atoms with Crippen molar-refractivity contribution in [2.75, 3.05) is 18.6 Å². The summed E-state index contributed by atoms with van der Waals surface area (Å²) in [5.74, 6) is 1.08. The van der Waals surface area contributed by atoms with E-state index in [1.54, 1.807) is 18.8 Å². The number of benzene rings is 1. The van der Waals surface area contributed by atoms with Crippen molar-refractivity contribution >= 4 is 11.5 Å². The van der Waals surface area contributed by atoms with Crippen molar-refractivity contribution in [1.29, 1.82) is 0 Å². The van der Waals surface area contributed by atoms with Gasteiger partial charge < -0.3 is 16.2 Å². The number of aryl methyl sites for hydroxylation is 1. The molecule has 0 fully saturated rings. The standard InChI is InChI=1S/C11H14N4O/c1-15-10(9(12)11(13)14-15)7-5-3-4-6-8(7)16-2/h3-6H,12H2,1-2H3,(H2,13,14). The predicted octanol–water partition coefficient (Wildman–Crippen LogP) is 1.26. The van der Waals surface area contributed by atoms with E-state index in [4.69, 9.17) is 16.2 Å². The SMILES string of the molecule is COc1ccccc1-c1c(N)c(N)nn1C. The lowest BCUT2D eigenvalue weighted by Crippen LogP contribution is -1.97. The first kappa shape index (κ1) is 10.4. The highest BCUT2D eigenvalue weighted by molar-refractivity contribution is 5.83. The van der Waals surface area contributed by atoms with Crippen molar-refractivity contribution in [3.05, 3.63) is 24.3 Å². The smallest absolute Gasteiger partial charge is 0.169 e. The third-order valence-corrected chi connectivity index (χ3v) is 2.47. The van der Waals surface area contributed by atoms with Crippen LogP contribution in [0.3, 0.4) is 0 Å². The Morgan fingerprint density at radius 2 is 1.94 bits per heavy atom. The summed E-state index contributed by atoms with van der Waals surface area (Å²) >= 11 is 0. The molecular weight excluding hydrogens is 204 g/mol. The van der Waals surface area contributed by atoms with Crippen molar-refractivity contribution in [2.24, 2.45) is 7.05 Å². The van der Waals surface area contributed by atoms with Gasteiger partial charge in [0.05, 0.1) is 12.8 Å². The Labute approximate surface area is 93.6 Å². The number of hydrogen-bond donors (Lipinski definition) is 2. The Kier molecular flexibility index (Phi) is 2.44. The quantitative estimate of drug-likeness (QED) is 0.795. The Balaban J connectivity index is 2.67. The van der Waals surface area contributed by atoms with Crippen LogP contribution in [0.4, 0.5) is 11.5 Å². The molecule has 1 aromatic heterocycles. The number of hydrogen-bond acceptors (Lipinski definition) is 4. The van der Waals surface area contributed by atoms with Crippen LogP contribution in [0.25, 0.3) is 11.3 Å². The maximum atomic E-state index is 5.90. The van der Waals surface area contributed by atoms with Crippen LogP contribution in [-0.4, -0.2) is 16.9 Å². The molecule has 0 aliphatic heterocycles. The molecule has 0 amide bonds. The van der Waals surface area contributed by atoms with Crippen molar-refractivity contribution in [1.82, 2.24) is 9.78 Å². The third-order valence-electron chi connectivity index (χ3n) is 2.47. The van der Waals surface area contributed by atoms with Gasteiger partial charge in [0.1, 0.15) is 11.4 Å². The maximum absolute atomic E-state index is 5.90. The van der Waals surface area contributed by atoms with E-state index in [1.165, 1.54) is 0 Å². The van der Waals surface area contributed by atoms with E-state index in [-0.39, 0.29) is 0 Å². The Morgan fingerprint density at radius 3 is 2.50 bits per heavy atom. The molecule has 0 spiro atoms. The molecule has 84 valence electrons. The van der Waals surface area contributed by atoms with Crippen molar-refractivity contribution in [2.45, 2.75) is 0 Å². The van der Waals surface area contributed by atoms with Gasteiger partial charge in [-0.3, -0.25) is 4.68 Å². The molecule has 0 saturated carbocycles. The van der Waals surface area contributed by atoms with Gasteiger partial charge in [-0.1, -0.05) is 12.1 Å². The lowest BCUT2D eigenvalue weighted by atomic mass is 10.1. The van der Waals surface area contributed by atoms with Gasteiger partial charge in [0.15, 0.2) is 5.82 Å². The van der Waals surface area contributed by atoms with Crippen LogP contribution >= 0.6 is 0 Å². The average Bonchev–Trinajstić information content (AvgIpc) is 2.53. The number of nitrogens with two attached hydrogens (primary N) is 2. The molecule has 0 aliphatic carbocycles. The minimum Gasteiger partial charge on any atom is -0.496 e. The van der Waals surface area contributed by atoms with E-state index in [0.29, 0.717) is 11.5 Å². The Morgan fingerprint density at radius 1 is 1.25 bits per heavy atom. The first-order chi connectivity index (χ1) is 7.65. The molecule has 1 heterocycles. The summed E-state index contributed by atoms with van der Waals surface area (Å²) < 4.78 is 6.94. The normalized spacial score (nSPS) is 10.4. The van der Waals surface area contributed by atoms with E-state index in [9.17, 15) is 0 Å². The minimum atomic E-state index is 0.336. The number of nitrogens with zero attached hydrogens (tertiary/aromatic N) is 2. The van der Waals surface area contributed by atoms with Crippen LogP contribution < -0.4 is 16.2 Å².